The second-order valence-electron chi connectivity index (χ2n) is 5.05. The molecule has 2 amide bonds. The first kappa shape index (κ1) is 21.1. The van der Waals surface area contributed by atoms with E-state index >= 15 is 0 Å². The van der Waals surface area contributed by atoms with Crippen LogP contribution in [-0.4, -0.2) is 30.6 Å². The fourth-order valence-corrected chi connectivity index (χ4v) is 2.81. The van der Waals surface area contributed by atoms with Crippen LogP contribution in [0.1, 0.15) is 10.4 Å². The molecule has 0 radical (unpaired) electrons. The molecule has 142 valence electrons. The number of ether oxygens (including phenoxy) is 2. The maximum Gasteiger partial charge on any atom is 0.276 e. The third kappa shape index (κ3) is 6.81. The quantitative estimate of drug-likeness (QED) is 0.418. The van der Waals surface area contributed by atoms with E-state index < -0.39 is 11.8 Å². The number of rotatable bonds is 5. The van der Waals surface area contributed by atoms with E-state index in [0.717, 1.165) is 4.47 Å². The Morgan fingerprint density at radius 2 is 1.78 bits per heavy atom. The molecule has 0 saturated heterocycles. The minimum Gasteiger partial charge on any atom is -0.496 e. The summed E-state index contributed by atoms with van der Waals surface area (Å²) in [4.78, 5) is 23.9. The lowest BCUT2D eigenvalue weighted by Gasteiger charge is -2.12. The van der Waals surface area contributed by atoms with Gasteiger partial charge in [-0.2, -0.15) is 0 Å². The van der Waals surface area contributed by atoms with Crippen molar-refractivity contribution in [1.29, 1.82) is 0 Å². The van der Waals surface area contributed by atoms with Gasteiger partial charge in [0.25, 0.3) is 11.8 Å². The molecule has 2 rings (SSSR count). The van der Waals surface area contributed by atoms with Crippen molar-refractivity contribution >= 4 is 61.0 Å². The number of thiocarbonyl (C=S) groups is 1. The Bertz CT molecular complexity index is 847. The monoisotopic (exact) mass is 515 g/mol. The molecule has 3 N–H and O–H groups in total. The standard InChI is InChI=1S/C17H15Br2N3O4S/c1-25-14-7-2-10(8-13(14)19)16(24)20-17(27)22-21-15(23)9-26-12-5-3-11(18)4-6-12/h2-8H,9H2,1H3,(H,21,23)(H2,20,22,24,27). The van der Waals surface area contributed by atoms with Crippen LogP contribution in [0.25, 0.3) is 0 Å². The molecule has 0 aliphatic heterocycles. The van der Waals surface area contributed by atoms with Crippen LogP contribution in [0.15, 0.2) is 51.4 Å². The summed E-state index contributed by atoms with van der Waals surface area (Å²) in [6, 6.07) is 11.9. The third-order valence-corrected chi connectivity index (χ3v) is 4.49. The number of methoxy groups -OCH3 is 1. The van der Waals surface area contributed by atoms with E-state index in [1.54, 1.807) is 42.5 Å². The van der Waals surface area contributed by atoms with E-state index in [0.29, 0.717) is 21.5 Å². The first-order valence-electron chi connectivity index (χ1n) is 7.51. The molecule has 2 aromatic rings. The molecule has 0 aliphatic rings. The lowest BCUT2D eigenvalue weighted by Crippen LogP contribution is -2.49. The van der Waals surface area contributed by atoms with Crippen molar-refractivity contribution in [3.05, 3.63) is 57.0 Å². The summed E-state index contributed by atoms with van der Waals surface area (Å²) >= 11 is 11.6. The Balaban J connectivity index is 1.76. The molecule has 0 atom stereocenters. The number of benzene rings is 2. The molecule has 0 saturated carbocycles. The fourth-order valence-electron chi connectivity index (χ4n) is 1.86. The van der Waals surface area contributed by atoms with Crippen molar-refractivity contribution in [2.45, 2.75) is 0 Å². The van der Waals surface area contributed by atoms with Gasteiger partial charge >= 0.3 is 0 Å². The molecular formula is C17H15Br2N3O4S. The summed E-state index contributed by atoms with van der Waals surface area (Å²) in [6.07, 6.45) is 0. The Hall–Kier alpha value is -2.17. The lowest BCUT2D eigenvalue weighted by molar-refractivity contribution is -0.123. The van der Waals surface area contributed by atoms with Crippen LogP contribution in [0, 0.1) is 0 Å². The number of carbonyl (C=O) groups excluding carboxylic acids is 2. The van der Waals surface area contributed by atoms with Gasteiger partial charge in [0, 0.05) is 10.0 Å². The number of hydrazine groups is 1. The summed E-state index contributed by atoms with van der Waals surface area (Å²) in [5.74, 6) is 0.262. The summed E-state index contributed by atoms with van der Waals surface area (Å²) in [6.45, 7) is -0.212. The van der Waals surface area contributed by atoms with E-state index in [4.69, 9.17) is 21.7 Å². The minimum atomic E-state index is -0.457. The third-order valence-electron chi connectivity index (χ3n) is 3.14. The maximum absolute atomic E-state index is 12.1. The largest absolute Gasteiger partial charge is 0.496 e. The number of hydrogen-bond acceptors (Lipinski definition) is 5. The van der Waals surface area contributed by atoms with E-state index in [2.05, 4.69) is 48.0 Å². The highest BCUT2D eigenvalue weighted by molar-refractivity contribution is 9.10. The normalized spacial score (nSPS) is 9.89. The predicted octanol–water partition coefficient (Wildman–Crippen LogP) is 2.93. The Kier molecular flexibility index (Phi) is 8.01. The summed E-state index contributed by atoms with van der Waals surface area (Å²) < 4.78 is 12.0. The van der Waals surface area contributed by atoms with Crippen molar-refractivity contribution in [2.75, 3.05) is 13.7 Å². The van der Waals surface area contributed by atoms with Crippen molar-refractivity contribution in [3.63, 3.8) is 0 Å². The molecule has 7 nitrogen and oxygen atoms in total. The van der Waals surface area contributed by atoms with Gasteiger partial charge < -0.3 is 9.47 Å². The predicted molar refractivity (Wildman–Crippen MR) is 112 cm³/mol. The van der Waals surface area contributed by atoms with Crippen LogP contribution in [0.3, 0.4) is 0 Å². The number of halogens is 2. The molecule has 0 fully saturated rings. The molecule has 0 unspecified atom stereocenters. The Morgan fingerprint density at radius 3 is 2.41 bits per heavy atom. The van der Waals surface area contributed by atoms with Crippen LogP contribution in [0.4, 0.5) is 0 Å². The zero-order valence-corrected chi connectivity index (χ0v) is 18.0. The lowest BCUT2D eigenvalue weighted by atomic mass is 10.2. The molecule has 0 spiro atoms. The van der Waals surface area contributed by atoms with E-state index in [1.165, 1.54) is 7.11 Å². The zero-order chi connectivity index (χ0) is 19.8. The van der Waals surface area contributed by atoms with Gasteiger partial charge in [-0.15, -0.1) is 0 Å². The second kappa shape index (κ2) is 10.2. The first-order chi connectivity index (χ1) is 12.9. The van der Waals surface area contributed by atoms with Gasteiger partial charge in [0.15, 0.2) is 11.7 Å². The summed E-state index contributed by atoms with van der Waals surface area (Å²) in [5.41, 5.74) is 5.16. The fraction of sp³-hybridized carbons (Fsp3) is 0.118. The van der Waals surface area contributed by atoms with E-state index in [9.17, 15) is 9.59 Å². The molecule has 27 heavy (non-hydrogen) atoms. The number of amides is 2. The van der Waals surface area contributed by atoms with Gasteiger partial charge in [0.1, 0.15) is 11.5 Å². The Morgan fingerprint density at radius 1 is 1.07 bits per heavy atom. The smallest absolute Gasteiger partial charge is 0.276 e. The summed E-state index contributed by atoms with van der Waals surface area (Å²) in [5, 5.41) is 2.40. The van der Waals surface area contributed by atoms with Crippen molar-refractivity contribution in [1.82, 2.24) is 16.2 Å². The molecule has 0 heterocycles. The topological polar surface area (TPSA) is 88.7 Å². The van der Waals surface area contributed by atoms with Crippen molar-refractivity contribution < 1.29 is 19.1 Å². The van der Waals surface area contributed by atoms with E-state index in [1.807, 2.05) is 0 Å². The highest BCUT2D eigenvalue weighted by atomic mass is 79.9. The highest BCUT2D eigenvalue weighted by Crippen LogP contribution is 2.25. The van der Waals surface area contributed by atoms with Gasteiger partial charge in [-0.05, 0) is 70.6 Å². The SMILES string of the molecule is COc1ccc(C(=O)NC(=S)NNC(=O)COc2ccc(Br)cc2)cc1Br. The van der Waals surface area contributed by atoms with Crippen LogP contribution >= 0.6 is 44.1 Å². The first-order valence-corrected chi connectivity index (χ1v) is 9.50. The molecular weight excluding hydrogens is 502 g/mol. The minimum absolute atomic E-state index is 0.0519. The van der Waals surface area contributed by atoms with Crippen LogP contribution in [0.2, 0.25) is 0 Å². The van der Waals surface area contributed by atoms with Crippen LogP contribution < -0.4 is 25.6 Å². The average molecular weight is 517 g/mol. The number of hydrogen-bond donors (Lipinski definition) is 3. The number of carbonyl (C=O) groups is 2. The molecule has 0 aromatic heterocycles. The van der Waals surface area contributed by atoms with Gasteiger partial charge in [0.05, 0.1) is 11.6 Å². The number of nitrogens with one attached hydrogen (secondary N) is 3. The molecule has 0 aliphatic carbocycles. The van der Waals surface area contributed by atoms with Crippen LogP contribution in [0.5, 0.6) is 11.5 Å². The van der Waals surface area contributed by atoms with Gasteiger partial charge in [0.2, 0.25) is 0 Å². The van der Waals surface area contributed by atoms with Gasteiger partial charge in [-0.3, -0.25) is 25.8 Å². The maximum atomic E-state index is 12.1. The molecule has 0 bridgehead atoms. The second-order valence-corrected chi connectivity index (χ2v) is 7.23. The van der Waals surface area contributed by atoms with Crippen LogP contribution in [-0.2, 0) is 4.79 Å². The van der Waals surface area contributed by atoms with Crippen molar-refractivity contribution in [3.8, 4) is 11.5 Å². The molecule has 2 aromatic carbocycles. The Labute approximate surface area is 178 Å². The summed E-state index contributed by atoms with van der Waals surface area (Å²) in [7, 11) is 1.53. The highest BCUT2D eigenvalue weighted by Gasteiger charge is 2.11. The van der Waals surface area contributed by atoms with Crippen molar-refractivity contribution in [2.24, 2.45) is 0 Å². The van der Waals surface area contributed by atoms with Gasteiger partial charge in [-0.25, -0.2) is 0 Å². The average Bonchev–Trinajstić information content (AvgIpc) is 2.65. The molecule has 10 heteroatoms. The zero-order valence-electron chi connectivity index (χ0n) is 14.0. The van der Waals surface area contributed by atoms with Gasteiger partial charge in [-0.1, -0.05) is 15.9 Å². The van der Waals surface area contributed by atoms with E-state index in [-0.39, 0.29) is 11.7 Å².